The van der Waals surface area contributed by atoms with Crippen LogP contribution < -0.4 is 15.5 Å². The molecule has 3 aromatic carbocycles. The lowest BCUT2D eigenvalue weighted by atomic mass is 9.49. The Morgan fingerprint density at radius 1 is 1.00 bits per heavy atom. The Bertz CT molecular complexity index is 932. The van der Waals surface area contributed by atoms with Crippen LogP contribution in [0, 0.1) is 5.82 Å². The smallest absolute Gasteiger partial charge is 0.251 e. The van der Waals surface area contributed by atoms with Gasteiger partial charge in [0.05, 0.1) is 6.04 Å². The Labute approximate surface area is 172 Å². The molecule has 0 unspecified atom stereocenters. The molecule has 0 aliphatic rings. The van der Waals surface area contributed by atoms with Gasteiger partial charge in [-0.05, 0) is 35.6 Å². The highest BCUT2D eigenvalue weighted by molar-refractivity contribution is 6.70. The van der Waals surface area contributed by atoms with Crippen molar-refractivity contribution in [2.24, 2.45) is 0 Å². The van der Waals surface area contributed by atoms with E-state index in [0.717, 1.165) is 5.56 Å². The molecular weight excluding hydrogens is 364 g/mol. The van der Waals surface area contributed by atoms with Crippen LogP contribution in [0.15, 0.2) is 78.9 Å². The molecule has 1 amide bonds. The standard InChI is InChI=1S/C24H25BFNO2/c1-25(2)22-14-13-21(16-23(22)26)29-17-20(15-18-9-5-3-6-10-18)27-24(28)19-11-7-4-8-12-19/h3-14,16,20H,15,17H2,1-2H3,(H,27,28)/t20-/m0/s1. The van der Waals surface area contributed by atoms with E-state index in [4.69, 9.17) is 4.74 Å². The van der Waals surface area contributed by atoms with Crippen LogP contribution in [0.1, 0.15) is 15.9 Å². The third-order valence-electron chi connectivity index (χ3n) is 4.74. The van der Waals surface area contributed by atoms with E-state index in [1.54, 1.807) is 24.3 Å². The monoisotopic (exact) mass is 389 g/mol. The molecule has 0 fully saturated rings. The second-order valence-electron chi connectivity index (χ2n) is 7.38. The van der Waals surface area contributed by atoms with Crippen LogP contribution in [-0.4, -0.2) is 25.3 Å². The van der Waals surface area contributed by atoms with Gasteiger partial charge in [-0.2, -0.15) is 0 Å². The number of halogens is 1. The summed E-state index contributed by atoms with van der Waals surface area (Å²) in [6.07, 6.45) is 0.617. The number of ether oxygens (including phenoxy) is 1. The molecule has 0 aliphatic carbocycles. The number of rotatable bonds is 8. The zero-order valence-electron chi connectivity index (χ0n) is 16.8. The number of carbonyl (C=O) groups excluding carboxylic acids is 1. The first-order valence-electron chi connectivity index (χ1n) is 9.85. The fourth-order valence-electron chi connectivity index (χ4n) is 3.17. The Balaban J connectivity index is 1.71. The molecule has 1 atom stereocenters. The van der Waals surface area contributed by atoms with Gasteiger partial charge >= 0.3 is 0 Å². The predicted octanol–water partition coefficient (Wildman–Crippen LogP) is 4.21. The van der Waals surface area contributed by atoms with Crippen LogP contribution in [-0.2, 0) is 6.42 Å². The summed E-state index contributed by atoms with van der Waals surface area (Å²) < 4.78 is 20.1. The number of carbonyl (C=O) groups is 1. The highest BCUT2D eigenvalue weighted by Crippen LogP contribution is 2.13. The summed E-state index contributed by atoms with van der Waals surface area (Å²) in [4.78, 5) is 12.6. The zero-order valence-corrected chi connectivity index (χ0v) is 16.8. The maximum absolute atomic E-state index is 14.3. The first-order valence-corrected chi connectivity index (χ1v) is 9.85. The molecule has 5 heteroatoms. The van der Waals surface area contributed by atoms with Gasteiger partial charge in [-0.25, -0.2) is 4.39 Å². The van der Waals surface area contributed by atoms with Crippen molar-refractivity contribution < 1.29 is 13.9 Å². The first-order chi connectivity index (χ1) is 14.0. The molecule has 0 radical (unpaired) electrons. The van der Waals surface area contributed by atoms with Crippen LogP contribution in [0.2, 0.25) is 13.6 Å². The molecule has 148 valence electrons. The molecule has 0 saturated carbocycles. The van der Waals surface area contributed by atoms with Gasteiger partial charge in [0, 0.05) is 11.6 Å². The summed E-state index contributed by atoms with van der Waals surface area (Å²) in [6.45, 7) is 4.26. The fraction of sp³-hybridized carbons (Fsp3) is 0.208. The van der Waals surface area contributed by atoms with E-state index in [9.17, 15) is 9.18 Å². The van der Waals surface area contributed by atoms with Crippen molar-refractivity contribution in [3.63, 3.8) is 0 Å². The zero-order chi connectivity index (χ0) is 20.6. The van der Waals surface area contributed by atoms with Gasteiger partial charge in [0.2, 0.25) is 0 Å². The Morgan fingerprint density at radius 2 is 1.66 bits per heavy atom. The van der Waals surface area contributed by atoms with E-state index >= 15 is 0 Å². The molecule has 0 saturated heterocycles. The fourth-order valence-corrected chi connectivity index (χ4v) is 3.17. The van der Waals surface area contributed by atoms with Crippen molar-refractivity contribution in [3.8, 4) is 5.75 Å². The van der Waals surface area contributed by atoms with Crippen LogP contribution >= 0.6 is 0 Å². The predicted molar refractivity (Wildman–Crippen MR) is 117 cm³/mol. The molecule has 3 aromatic rings. The molecule has 3 nitrogen and oxygen atoms in total. The normalized spacial score (nSPS) is 11.6. The summed E-state index contributed by atoms with van der Waals surface area (Å²) >= 11 is 0. The van der Waals surface area contributed by atoms with Crippen LogP contribution in [0.5, 0.6) is 5.75 Å². The van der Waals surface area contributed by atoms with Gasteiger partial charge in [0.1, 0.15) is 18.2 Å². The minimum Gasteiger partial charge on any atom is -0.491 e. The number of hydrogen-bond acceptors (Lipinski definition) is 2. The lowest BCUT2D eigenvalue weighted by molar-refractivity contribution is 0.0921. The number of nitrogens with one attached hydrogen (secondary N) is 1. The van der Waals surface area contributed by atoms with Gasteiger partial charge in [-0.3, -0.25) is 4.79 Å². The molecular formula is C24H25BFNO2. The summed E-state index contributed by atoms with van der Waals surface area (Å²) in [5, 5.41) is 3.04. The van der Waals surface area contributed by atoms with E-state index in [-0.39, 0.29) is 31.1 Å². The van der Waals surface area contributed by atoms with Crippen molar-refractivity contribution in [2.75, 3.05) is 6.61 Å². The van der Waals surface area contributed by atoms with Gasteiger partial charge in [-0.15, -0.1) is 0 Å². The van der Waals surface area contributed by atoms with Crippen LogP contribution in [0.3, 0.4) is 0 Å². The maximum Gasteiger partial charge on any atom is 0.251 e. The van der Waals surface area contributed by atoms with Crippen LogP contribution in [0.4, 0.5) is 4.39 Å². The second kappa shape index (κ2) is 9.92. The summed E-state index contributed by atoms with van der Waals surface area (Å²) in [5.74, 6) is 0.0285. The topological polar surface area (TPSA) is 38.3 Å². The molecule has 0 aliphatic heterocycles. The summed E-state index contributed by atoms with van der Waals surface area (Å²) in [6, 6.07) is 23.7. The van der Waals surface area contributed by atoms with Crippen LogP contribution in [0.25, 0.3) is 0 Å². The van der Waals surface area contributed by atoms with E-state index in [1.807, 2.05) is 62.2 Å². The number of hydrogen-bond donors (Lipinski definition) is 1. The largest absolute Gasteiger partial charge is 0.491 e. The quantitative estimate of drug-likeness (QED) is 0.587. The minimum absolute atomic E-state index is 0.111. The van der Waals surface area contributed by atoms with Gasteiger partial charge < -0.3 is 10.1 Å². The van der Waals surface area contributed by atoms with E-state index < -0.39 is 0 Å². The average molecular weight is 389 g/mol. The van der Waals surface area contributed by atoms with Crippen molar-refractivity contribution in [1.29, 1.82) is 0 Å². The average Bonchev–Trinajstić information content (AvgIpc) is 2.73. The molecule has 0 heterocycles. The van der Waals surface area contributed by atoms with Crippen molar-refractivity contribution >= 4 is 18.1 Å². The van der Waals surface area contributed by atoms with Gasteiger partial charge in [0.25, 0.3) is 5.91 Å². The molecule has 3 rings (SSSR count). The molecule has 29 heavy (non-hydrogen) atoms. The minimum atomic E-state index is -0.273. The number of amides is 1. The SMILES string of the molecule is CB(C)c1ccc(OC[C@H](Cc2ccccc2)NC(=O)c2ccccc2)cc1F. The van der Waals surface area contributed by atoms with E-state index in [2.05, 4.69) is 5.32 Å². The molecule has 1 N–H and O–H groups in total. The van der Waals surface area contributed by atoms with E-state index in [0.29, 0.717) is 23.2 Å². The molecule has 0 spiro atoms. The lowest BCUT2D eigenvalue weighted by Gasteiger charge is -2.20. The van der Waals surface area contributed by atoms with Crippen molar-refractivity contribution in [1.82, 2.24) is 5.32 Å². The molecule has 0 bridgehead atoms. The van der Waals surface area contributed by atoms with E-state index in [1.165, 1.54) is 6.07 Å². The lowest BCUT2D eigenvalue weighted by Crippen LogP contribution is -2.40. The van der Waals surface area contributed by atoms with Gasteiger partial charge in [0.15, 0.2) is 6.71 Å². The maximum atomic E-state index is 14.3. The Hall–Kier alpha value is -3.08. The highest BCUT2D eigenvalue weighted by atomic mass is 19.1. The highest BCUT2D eigenvalue weighted by Gasteiger charge is 2.16. The van der Waals surface area contributed by atoms with Crippen molar-refractivity contribution in [3.05, 3.63) is 95.8 Å². The molecule has 0 aromatic heterocycles. The summed E-state index contributed by atoms with van der Waals surface area (Å²) in [7, 11) is 0. The second-order valence-corrected chi connectivity index (χ2v) is 7.38. The van der Waals surface area contributed by atoms with Crippen molar-refractivity contribution in [2.45, 2.75) is 26.1 Å². The third kappa shape index (κ3) is 5.95. The summed E-state index contributed by atoms with van der Waals surface area (Å²) in [5.41, 5.74) is 2.35. The third-order valence-corrected chi connectivity index (χ3v) is 4.74. The first kappa shape index (κ1) is 20.7. The Morgan fingerprint density at radius 3 is 2.28 bits per heavy atom. The van der Waals surface area contributed by atoms with Gasteiger partial charge in [-0.1, -0.05) is 68.2 Å². The number of benzene rings is 3. The Kier molecular flexibility index (Phi) is 7.06.